The summed E-state index contributed by atoms with van der Waals surface area (Å²) in [6, 6.07) is 45.6. The van der Waals surface area contributed by atoms with Crippen LogP contribution in [0.5, 0.6) is 34.5 Å². The van der Waals surface area contributed by atoms with Gasteiger partial charge in [-0.05, 0) is 155 Å². The van der Waals surface area contributed by atoms with Crippen molar-refractivity contribution >= 4 is 58.4 Å². The fourth-order valence-electron chi connectivity index (χ4n) is 10.3. The van der Waals surface area contributed by atoms with Crippen molar-refractivity contribution in [1.29, 1.82) is 0 Å². The zero-order valence-corrected chi connectivity index (χ0v) is 58.4. The third-order valence-corrected chi connectivity index (χ3v) is 17.8. The lowest BCUT2D eigenvalue weighted by molar-refractivity contribution is -0.140. The number of nitrogens with zero attached hydrogens (tertiary/aromatic N) is 6. The Morgan fingerprint density at radius 2 is 0.631 bits per heavy atom. The Bertz CT molecular complexity index is 4970. The van der Waals surface area contributed by atoms with Gasteiger partial charge in [0.25, 0.3) is 5.97 Å². The van der Waals surface area contributed by atoms with Gasteiger partial charge in [-0.2, -0.15) is 39.5 Å². The highest BCUT2D eigenvalue weighted by Crippen LogP contribution is 2.40. The number of halogens is 9. The van der Waals surface area contributed by atoms with Crippen molar-refractivity contribution in [2.24, 2.45) is 0 Å². The van der Waals surface area contributed by atoms with E-state index in [4.69, 9.17) is 24.1 Å². The number of aromatic nitrogens is 6. The van der Waals surface area contributed by atoms with Crippen LogP contribution in [0.3, 0.4) is 0 Å². The summed E-state index contributed by atoms with van der Waals surface area (Å²) >= 11 is 0. The predicted molar refractivity (Wildman–Crippen MR) is 366 cm³/mol. The van der Waals surface area contributed by atoms with Crippen LogP contribution in [0, 0.1) is 20.8 Å². The van der Waals surface area contributed by atoms with E-state index in [2.05, 4.69) is 19.7 Å². The number of aliphatic carboxylic acids is 1. The molecule has 19 nitrogen and oxygen atoms in total. The number of sulfone groups is 3. The SMILES string of the molecule is CC(=O)O.CCOC(C)=O.Cc1nc2c(C(F)(F)F)cccn2c1-c1cccc(Oc2cccc(S(C)(=O)=O)c2)c1.Cc1nc2c(C(F)(F)F)cccn2c1-c1cccc(Oc2cccc(S(C)(=O)=O)c2)c1.Cc1nc2c(C(F)(F)F)cccn2c1-c1cccc(Oc2cccc(S(C)(=O)=O)c2)c1. The maximum Gasteiger partial charge on any atom is 0.419 e. The van der Waals surface area contributed by atoms with E-state index in [1.165, 1.54) is 93.3 Å². The molecule has 1 N–H and O–H groups in total. The Morgan fingerprint density at radius 1 is 0.398 bits per heavy atom. The number of pyridine rings is 3. The van der Waals surface area contributed by atoms with E-state index in [-0.39, 0.29) is 37.6 Å². The molecule has 0 amide bonds. The van der Waals surface area contributed by atoms with Crippen LogP contribution in [0.4, 0.5) is 39.5 Å². The lowest BCUT2D eigenvalue weighted by Crippen LogP contribution is -2.07. The van der Waals surface area contributed by atoms with Crippen LogP contribution in [0.15, 0.2) is 215 Å². The number of carboxylic acids is 1. The molecule has 6 aromatic carbocycles. The van der Waals surface area contributed by atoms with E-state index < -0.39 is 70.7 Å². The van der Waals surface area contributed by atoms with Crippen LogP contribution in [0.1, 0.15) is 54.5 Å². The minimum absolute atomic E-state index is 0.124. The van der Waals surface area contributed by atoms with Gasteiger partial charge in [-0.15, -0.1) is 0 Å². The molecular weight excluding hydrogens is 1420 g/mol. The lowest BCUT2D eigenvalue weighted by atomic mass is 10.1. The van der Waals surface area contributed by atoms with Crippen LogP contribution in [0.2, 0.25) is 0 Å². The number of rotatable bonds is 13. The molecule has 0 unspecified atom stereocenters. The highest BCUT2D eigenvalue weighted by molar-refractivity contribution is 7.91. The molecule has 12 rings (SSSR count). The topological polar surface area (TPSA) is 246 Å². The van der Waals surface area contributed by atoms with Crippen molar-refractivity contribution in [2.45, 2.75) is 74.8 Å². The molecule has 0 aliphatic rings. The average molecular weight is 1490 g/mol. The van der Waals surface area contributed by atoms with Crippen LogP contribution in [-0.4, -0.2) is 95.8 Å². The van der Waals surface area contributed by atoms with Crippen LogP contribution >= 0.6 is 0 Å². The Kier molecular flexibility index (Phi) is 23.7. The number of benzene rings is 6. The highest BCUT2D eigenvalue weighted by Gasteiger charge is 2.37. The van der Waals surface area contributed by atoms with Gasteiger partial charge in [0, 0.05) is 67.9 Å². The summed E-state index contributed by atoms with van der Waals surface area (Å²) in [4.78, 5) is 31.6. The number of carboxylic acid groups (broad SMARTS) is 1. The summed E-state index contributed by atoms with van der Waals surface area (Å²) in [5, 5.41) is 7.42. The van der Waals surface area contributed by atoms with Gasteiger partial charge in [0.05, 0.1) is 72.1 Å². The molecule has 0 fully saturated rings. The van der Waals surface area contributed by atoms with Gasteiger partial charge in [-0.25, -0.2) is 40.2 Å². The summed E-state index contributed by atoms with van der Waals surface area (Å²) in [6.45, 7) is 9.67. The molecule has 540 valence electrons. The van der Waals surface area contributed by atoms with Gasteiger partial charge < -0.3 is 24.1 Å². The molecule has 0 spiro atoms. The molecular formula is C72H63F9N6O13S3. The minimum Gasteiger partial charge on any atom is -0.481 e. The van der Waals surface area contributed by atoms with Crippen molar-refractivity contribution in [3.63, 3.8) is 0 Å². The second-order valence-corrected chi connectivity index (χ2v) is 28.6. The van der Waals surface area contributed by atoms with E-state index in [9.17, 15) is 69.6 Å². The van der Waals surface area contributed by atoms with E-state index in [1.807, 2.05) is 0 Å². The summed E-state index contributed by atoms with van der Waals surface area (Å²) in [5.74, 6) is 1.16. The summed E-state index contributed by atoms with van der Waals surface area (Å²) in [6.07, 6.45) is -5.65. The highest BCUT2D eigenvalue weighted by atomic mass is 32.2. The Hall–Kier alpha value is -11.1. The van der Waals surface area contributed by atoms with Gasteiger partial charge >= 0.3 is 24.5 Å². The number of ether oxygens (including phenoxy) is 4. The third-order valence-electron chi connectivity index (χ3n) is 14.5. The zero-order valence-electron chi connectivity index (χ0n) is 55.9. The monoisotopic (exact) mass is 1490 g/mol. The molecule has 0 atom stereocenters. The number of imidazole rings is 3. The number of esters is 1. The Labute approximate surface area is 584 Å². The lowest BCUT2D eigenvalue weighted by Gasteiger charge is -2.11. The fourth-order valence-corrected chi connectivity index (χ4v) is 12.3. The molecule has 0 radical (unpaired) electrons. The van der Waals surface area contributed by atoms with E-state index in [1.54, 1.807) is 137 Å². The molecule has 31 heteroatoms. The predicted octanol–water partition coefficient (Wildman–Crippen LogP) is 17.2. The Balaban J connectivity index is 0.000000183. The van der Waals surface area contributed by atoms with E-state index in [0.29, 0.717) is 92.0 Å². The van der Waals surface area contributed by atoms with E-state index >= 15 is 0 Å². The zero-order chi connectivity index (χ0) is 75.7. The van der Waals surface area contributed by atoms with Gasteiger partial charge in [0.2, 0.25) is 0 Å². The van der Waals surface area contributed by atoms with Gasteiger partial charge in [-0.3, -0.25) is 22.8 Å². The molecule has 103 heavy (non-hydrogen) atoms. The standard InChI is InChI=1S/3C22H17F3N2O3S.C4H8O2.C2H4O2/c3*1-14-20(27-11-5-10-19(21(27)26-14)22(23,24)25)15-6-3-7-16(12-15)30-17-8-4-9-18(13-17)31(2,28)29;1-3-6-4(2)5;1-2(3)4/h3*3-13H,1-2H3;3H2,1-2H3;1H3,(H,3,4). The molecule has 0 aliphatic heterocycles. The molecule has 6 heterocycles. The average Bonchev–Trinajstić information content (AvgIpc) is 1.62. The first-order valence-electron chi connectivity index (χ1n) is 30.3. The summed E-state index contributed by atoms with van der Waals surface area (Å²) < 4.78 is 217. The number of carbonyl (C=O) groups is 2. The number of hydrogen-bond acceptors (Lipinski definition) is 15. The maximum atomic E-state index is 13.4. The normalized spacial score (nSPS) is 11.8. The van der Waals surface area contributed by atoms with E-state index in [0.717, 1.165) is 43.9 Å². The number of fused-ring (bicyclic) bond motifs is 3. The number of carbonyl (C=O) groups excluding carboxylic acids is 1. The minimum atomic E-state index is -4.52. The van der Waals surface area contributed by atoms with Crippen molar-refractivity contribution in [3.05, 3.63) is 234 Å². The van der Waals surface area contributed by atoms with Gasteiger partial charge in [-0.1, -0.05) is 54.6 Å². The van der Waals surface area contributed by atoms with Crippen molar-refractivity contribution < 1.29 is 98.4 Å². The third kappa shape index (κ3) is 19.9. The quantitative estimate of drug-likeness (QED) is 0.0833. The largest absolute Gasteiger partial charge is 0.481 e. The second-order valence-electron chi connectivity index (χ2n) is 22.6. The first-order valence-corrected chi connectivity index (χ1v) is 36.0. The molecule has 0 saturated heterocycles. The molecule has 0 bridgehead atoms. The second kappa shape index (κ2) is 31.5. The van der Waals surface area contributed by atoms with Crippen molar-refractivity contribution in [1.82, 2.24) is 28.2 Å². The van der Waals surface area contributed by atoms with Crippen LogP contribution in [0.25, 0.3) is 50.7 Å². The smallest absolute Gasteiger partial charge is 0.419 e. The molecule has 0 aliphatic carbocycles. The molecule has 6 aromatic heterocycles. The number of hydrogen-bond donors (Lipinski definition) is 1. The fraction of sp³-hybridized carbons (Fsp3) is 0.181. The Morgan fingerprint density at radius 3 is 0.835 bits per heavy atom. The van der Waals surface area contributed by atoms with Crippen molar-refractivity contribution in [2.75, 3.05) is 25.4 Å². The van der Waals surface area contributed by atoms with Crippen molar-refractivity contribution in [3.8, 4) is 68.3 Å². The van der Waals surface area contributed by atoms with Crippen LogP contribution in [-0.2, 0) is 62.4 Å². The first kappa shape index (κ1) is 77.7. The van der Waals surface area contributed by atoms with Crippen LogP contribution < -0.4 is 14.2 Å². The summed E-state index contributed by atoms with van der Waals surface area (Å²) in [7, 11) is -10.2. The number of aryl methyl sites for hydroxylation is 3. The van der Waals surface area contributed by atoms with Gasteiger partial charge in [0.15, 0.2) is 29.5 Å². The maximum absolute atomic E-state index is 13.4. The first-order chi connectivity index (χ1) is 48.1. The summed E-state index contributed by atoms with van der Waals surface area (Å²) in [5.41, 5.74) is 1.73. The molecule has 12 aromatic rings. The number of alkyl halides is 9. The van der Waals surface area contributed by atoms with Gasteiger partial charge in [0.1, 0.15) is 51.4 Å². The molecule has 0 saturated carbocycles.